The zero-order chi connectivity index (χ0) is 61.0. The van der Waals surface area contributed by atoms with Crippen LogP contribution in [-0.2, 0) is 23.8 Å². The molecule has 0 aromatic carbocycles. The van der Waals surface area contributed by atoms with E-state index in [4.69, 9.17) is 14.2 Å². The normalized spacial score (nSPS) is 19.0. The van der Waals surface area contributed by atoms with Crippen LogP contribution in [0.3, 0.4) is 0 Å². The van der Waals surface area contributed by atoms with E-state index in [2.05, 4.69) is 99.0 Å². The molecule has 0 aromatic heterocycles. The molecule has 1 amide bonds. The second kappa shape index (κ2) is 60.1. The second-order valence-corrected chi connectivity index (χ2v) is 23.9. The summed E-state index contributed by atoms with van der Waals surface area (Å²) >= 11 is 0. The van der Waals surface area contributed by atoms with Gasteiger partial charge in [-0.05, 0) is 103 Å². The summed E-state index contributed by atoms with van der Waals surface area (Å²) in [6.45, 7) is 5.75. The van der Waals surface area contributed by atoms with Crippen molar-refractivity contribution in [2.45, 2.75) is 352 Å². The molecule has 1 rings (SSSR count). The van der Waals surface area contributed by atoms with E-state index in [0.717, 1.165) is 103 Å². The first-order chi connectivity index (χ1) is 41.2. The van der Waals surface area contributed by atoms with Crippen molar-refractivity contribution in [2.24, 2.45) is 0 Å². The van der Waals surface area contributed by atoms with Crippen molar-refractivity contribution in [1.82, 2.24) is 5.32 Å². The molecule has 0 aromatic rings. The molecule has 1 saturated heterocycles. The van der Waals surface area contributed by atoms with Gasteiger partial charge in [-0.1, -0.05) is 279 Å². The highest BCUT2D eigenvalue weighted by molar-refractivity contribution is 5.80. The third kappa shape index (κ3) is 47.0. The minimum Gasteiger partial charge on any atom is -0.454 e. The Labute approximate surface area is 514 Å². The topological polar surface area (TPSA) is 175 Å². The number of nitrogens with one attached hydrogen (secondary N) is 1. The maximum Gasteiger partial charge on any atom is 0.306 e. The average Bonchev–Trinajstić information content (AvgIpc) is 3.65. The maximum atomic E-state index is 13.5. The number of rotatable bonds is 59. The van der Waals surface area contributed by atoms with Crippen LogP contribution in [0.4, 0.5) is 0 Å². The smallest absolute Gasteiger partial charge is 0.306 e. The largest absolute Gasteiger partial charge is 0.454 e. The quantitative estimate of drug-likeness (QED) is 0.0195. The Kier molecular flexibility index (Phi) is 56.5. The number of carbonyl (C=O) groups is 2. The van der Waals surface area contributed by atoms with E-state index in [1.54, 1.807) is 6.08 Å². The number of ether oxygens (including phenoxy) is 3. The summed E-state index contributed by atoms with van der Waals surface area (Å²) in [7, 11) is 0. The number of aliphatic hydroxyl groups excluding tert-OH is 5. The molecule has 0 radical (unpaired) electrons. The summed E-state index contributed by atoms with van der Waals surface area (Å²) in [6, 6.07) is -1.03. The van der Waals surface area contributed by atoms with Gasteiger partial charge in [0.25, 0.3) is 0 Å². The fourth-order valence-corrected chi connectivity index (χ4v) is 10.5. The SMILES string of the molecule is CCCCC/C=C\C/C=C\C/C=C\CCCCCCCCCCCCC(=O)OC1C(OCC(NC(=O)C(O)CCCCCCCCC/C=C\C/C=C\C/C=C\CCCCC)C(O)/C=C/CCCCCCCCCCCC)OC(CO)C(O)C1O. The Morgan fingerprint density at radius 1 is 0.464 bits per heavy atom. The lowest BCUT2D eigenvalue weighted by Gasteiger charge is -2.41. The minimum absolute atomic E-state index is 0.115. The molecule has 8 atom stereocenters. The van der Waals surface area contributed by atoms with Crippen LogP contribution in [0.25, 0.3) is 0 Å². The van der Waals surface area contributed by atoms with Crippen molar-refractivity contribution < 1.29 is 49.3 Å². The summed E-state index contributed by atoms with van der Waals surface area (Å²) in [4.78, 5) is 26.7. The van der Waals surface area contributed by atoms with E-state index in [1.165, 1.54) is 154 Å². The van der Waals surface area contributed by atoms with Gasteiger partial charge in [-0.25, -0.2) is 0 Å². The number of amides is 1. The summed E-state index contributed by atoms with van der Waals surface area (Å²) < 4.78 is 17.7. The molecule has 11 heteroatoms. The molecule has 1 heterocycles. The van der Waals surface area contributed by atoms with Crippen LogP contribution in [-0.4, -0.2) is 99.6 Å². The number of unbranched alkanes of at least 4 members (excludes halogenated alkanes) is 33. The van der Waals surface area contributed by atoms with Gasteiger partial charge in [0.15, 0.2) is 12.4 Å². The van der Waals surface area contributed by atoms with Crippen LogP contribution < -0.4 is 5.32 Å². The Balaban J connectivity index is 2.61. The standard InChI is InChI=1S/C73H129NO10/c1-4-7-10-13-16-19-22-25-27-29-31-33-34-35-37-39-41-43-46-49-52-55-58-61-68(78)84-71-70(80)69(79)67(62-75)83-73(71)82-63-64(65(76)59-56-53-50-47-44-24-21-18-15-12-9-6-3)74-72(81)66(77)60-57-54-51-48-45-42-40-38-36-32-30-28-26-23-20-17-14-11-8-5-2/h16-17,19-20,25-28,31-33,36,56,59,64-67,69-71,73,75-77,79-80H,4-15,18,21-24,29-30,34-35,37-55,57-58,60-63H2,1-3H3,(H,74,81)/b19-16-,20-17-,27-25-,28-26-,33-31-,36-32-,59-56+. The van der Waals surface area contributed by atoms with Gasteiger partial charge in [-0.15, -0.1) is 0 Å². The first-order valence-electron chi connectivity index (χ1n) is 34.9. The summed E-state index contributed by atoms with van der Waals surface area (Å²) in [5.41, 5.74) is 0. The van der Waals surface area contributed by atoms with Gasteiger partial charge in [0.1, 0.15) is 24.4 Å². The number of hydrogen-bond acceptors (Lipinski definition) is 10. The predicted octanol–water partition coefficient (Wildman–Crippen LogP) is 17.7. The van der Waals surface area contributed by atoms with E-state index in [-0.39, 0.29) is 19.4 Å². The van der Waals surface area contributed by atoms with Gasteiger partial charge in [0.2, 0.25) is 5.91 Å². The maximum absolute atomic E-state index is 13.5. The van der Waals surface area contributed by atoms with E-state index >= 15 is 0 Å². The Hall–Kier alpha value is -3.16. The van der Waals surface area contributed by atoms with Gasteiger partial charge in [-0.3, -0.25) is 9.59 Å². The average molecular weight is 1180 g/mol. The van der Waals surface area contributed by atoms with Crippen molar-refractivity contribution >= 4 is 11.9 Å². The van der Waals surface area contributed by atoms with Crippen molar-refractivity contribution in [3.8, 4) is 0 Å². The van der Waals surface area contributed by atoms with Crippen LogP contribution in [0.15, 0.2) is 85.1 Å². The number of hydrogen-bond donors (Lipinski definition) is 6. The number of carbonyl (C=O) groups excluding carboxylic acids is 2. The molecule has 6 N–H and O–H groups in total. The Morgan fingerprint density at radius 2 is 0.821 bits per heavy atom. The van der Waals surface area contributed by atoms with Crippen molar-refractivity contribution in [3.63, 3.8) is 0 Å². The molecule has 486 valence electrons. The van der Waals surface area contributed by atoms with Crippen LogP contribution in [0, 0.1) is 0 Å². The van der Waals surface area contributed by atoms with Gasteiger partial charge in [0.05, 0.1) is 25.4 Å². The predicted molar refractivity (Wildman–Crippen MR) is 352 cm³/mol. The van der Waals surface area contributed by atoms with Gasteiger partial charge >= 0.3 is 5.97 Å². The van der Waals surface area contributed by atoms with Crippen LogP contribution in [0.2, 0.25) is 0 Å². The van der Waals surface area contributed by atoms with E-state index in [9.17, 15) is 35.1 Å². The van der Waals surface area contributed by atoms with E-state index < -0.39 is 67.4 Å². The molecular formula is C73H129NO10. The zero-order valence-corrected chi connectivity index (χ0v) is 54.0. The molecule has 0 spiro atoms. The highest BCUT2D eigenvalue weighted by atomic mass is 16.7. The number of allylic oxidation sites excluding steroid dienone is 13. The first-order valence-corrected chi connectivity index (χ1v) is 34.9. The molecule has 0 saturated carbocycles. The zero-order valence-electron chi connectivity index (χ0n) is 54.0. The van der Waals surface area contributed by atoms with E-state index in [0.29, 0.717) is 12.8 Å². The highest BCUT2D eigenvalue weighted by Crippen LogP contribution is 2.26. The third-order valence-corrected chi connectivity index (χ3v) is 16.0. The lowest BCUT2D eigenvalue weighted by Crippen LogP contribution is -2.61. The minimum atomic E-state index is -1.62. The summed E-state index contributed by atoms with van der Waals surface area (Å²) in [5, 5.41) is 57.2. The highest BCUT2D eigenvalue weighted by Gasteiger charge is 2.47. The van der Waals surface area contributed by atoms with Gasteiger partial charge in [-0.2, -0.15) is 0 Å². The van der Waals surface area contributed by atoms with Gasteiger partial charge in [0, 0.05) is 6.42 Å². The summed E-state index contributed by atoms with van der Waals surface area (Å²) in [6.07, 6.45) is 68.9. The molecule has 1 fully saturated rings. The second-order valence-electron chi connectivity index (χ2n) is 23.9. The third-order valence-electron chi connectivity index (χ3n) is 16.0. The molecule has 0 aliphatic carbocycles. The van der Waals surface area contributed by atoms with Crippen molar-refractivity contribution in [3.05, 3.63) is 85.1 Å². The fourth-order valence-electron chi connectivity index (χ4n) is 10.5. The molecule has 8 unspecified atom stereocenters. The molecule has 0 bridgehead atoms. The van der Waals surface area contributed by atoms with Crippen molar-refractivity contribution in [2.75, 3.05) is 13.2 Å². The Morgan fingerprint density at radius 3 is 1.25 bits per heavy atom. The lowest BCUT2D eigenvalue weighted by molar-refractivity contribution is -0.305. The summed E-state index contributed by atoms with van der Waals surface area (Å²) in [5.74, 6) is -1.20. The molecule has 1 aliphatic rings. The monoisotopic (exact) mass is 1180 g/mol. The Bertz CT molecular complexity index is 1690. The lowest BCUT2D eigenvalue weighted by atomic mass is 9.99. The molecule has 84 heavy (non-hydrogen) atoms. The fraction of sp³-hybridized carbons (Fsp3) is 0.781. The van der Waals surface area contributed by atoms with Crippen LogP contribution in [0.1, 0.15) is 303 Å². The van der Waals surface area contributed by atoms with E-state index in [1.807, 2.05) is 6.08 Å². The number of aliphatic hydroxyl groups is 5. The van der Waals surface area contributed by atoms with Gasteiger partial charge < -0.3 is 45.1 Å². The molecule has 11 nitrogen and oxygen atoms in total. The van der Waals surface area contributed by atoms with Crippen LogP contribution in [0.5, 0.6) is 0 Å². The number of esters is 1. The molecular weight excluding hydrogens is 1050 g/mol. The molecule has 1 aliphatic heterocycles. The van der Waals surface area contributed by atoms with Crippen LogP contribution >= 0.6 is 0 Å². The van der Waals surface area contributed by atoms with Crippen molar-refractivity contribution in [1.29, 1.82) is 0 Å². The first kappa shape index (κ1) is 78.9.